The van der Waals surface area contributed by atoms with Gasteiger partial charge in [0.25, 0.3) is 15.9 Å². The van der Waals surface area contributed by atoms with Crippen molar-refractivity contribution < 1.29 is 22.0 Å². The van der Waals surface area contributed by atoms with Gasteiger partial charge in [-0.15, -0.1) is 0 Å². The molecule has 2 aromatic carbocycles. The Morgan fingerprint density at radius 3 is 2.21 bits per heavy atom. The highest BCUT2D eigenvalue weighted by Gasteiger charge is 2.17. The fourth-order valence-corrected chi connectivity index (χ4v) is 3.57. The molecule has 0 unspecified atom stereocenters. The van der Waals surface area contributed by atoms with Crippen LogP contribution >= 0.6 is 23.2 Å². The highest BCUT2D eigenvalue weighted by atomic mass is 35.5. The van der Waals surface area contributed by atoms with Crippen LogP contribution in [0.1, 0.15) is 10.4 Å². The molecule has 1 heterocycles. The van der Waals surface area contributed by atoms with Crippen molar-refractivity contribution in [3.05, 3.63) is 82.1 Å². The number of halogens is 4. The first-order chi connectivity index (χ1) is 13.7. The van der Waals surface area contributed by atoms with Crippen LogP contribution in [0.25, 0.3) is 0 Å². The largest absolute Gasteiger partial charge is 0.322 e. The van der Waals surface area contributed by atoms with Crippen LogP contribution in [-0.4, -0.2) is 19.3 Å². The first kappa shape index (κ1) is 21.0. The third-order valence-electron chi connectivity index (χ3n) is 3.65. The van der Waals surface area contributed by atoms with E-state index in [1.54, 1.807) is 0 Å². The molecule has 0 saturated carbocycles. The third kappa shape index (κ3) is 5.00. The highest BCUT2D eigenvalue weighted by molar-refractivity contribution is 7.92. The molecule has 3 rings (SSSR count). The topological polar surface area (TPSA) is 88.2 Å². The number of hydrogen-bond donors (Lipinski definition) is 2. The van der Waals surface area contributed by atoms with Gasteiger partial charge in [-0.05, 0) is 48.5 Å². The van der Waals surface area contributed by atoms with Crippen molar-refractivity contribution >= 4 is 50.5 Å². The molecule has 0 aliphatic rings. The van der Waals surface area contributed by atoms with Crippen LogP contribution in [-0.2, 0) is 10.0 Å². The molecular formula is C18H11Cl2F2N3O3S. The van der Waals surface area contributed by atoms with Crippen molar-refractivity contribution in [2.45, 2.75) is 4.90 Å². The van der Waals surface area contributed by atoms with Crippen LogP contribution in [0.3, 0.4) is 0 Å². The van der Waals surface area contributed by atoms with E-state index in [4.69, 9.17) is 23.2 Å². The van der Waals surface area contributed by atoms with E-state index in [1.807, 2.05) is 0 Å². The molecule has 0 fully saturated rings. The fourth-order valence-electron chi connectivity index (χ4n) is 2.23. The quantitative estimate of drug-likeness (QED) is 0.542. The molecule has 0 saturated heterocycles. The smallest absolute Gasteiger partial charge is 0.261 e. The lowest BCUT2D eigenvalue weighted by Crippen LogP contribution is -2.14. The summed E-state index contributed by atoms with van der Waals surface area (Å²) in [7, 11) is -4.12. The van der Waals surface area contributed by atoms with Crippen molar-refractivity contribution in [3.63, 3.8) is 0 Å². The lowest BCUT2D eigenvalue weighted by atomic mass is 10.2. The van der Waals surface area contributed by atoms with Gasteiger partial charge in [-0.25, -0.2) is 22.2 Å². The van der Waals surface area contributed by atoms with Crippen molar-refractivity contribution in [3.8, 4) is 0 Å². The molecule has 11 heteroatoms. The van der Waals surface area contributed by atoms with E-state index < -0.39 is 32.5 Å². The minimum atomic E-state index is -4.12. The van der Waals surface area contributed by atoms with Gasteiger partial charge >= 0.3 is 0 Å². The number of pyridine rings is 1. The lowest BCUT2D eigenvalue weighted by molar-refractivity contribution is 0.102. The van der Waals surface area contributed by atoms with Crippen molar-refractivity contribution in [1.82, 2.24) is 4.98 Å². The maximum atomic E-state index is 13.3. The van der Waals surface area contributed by atoms with Gasteiger partial charge in [-0.2, -0.15) is 0 Å². The minimum Gasteiger partial charge on any atom is -0.322 e. The first-order valence-electron chi connectivity index (χ1n) is 7.86. The molecule has 0 bridgehead atoms. The molecule has 3 aromatic rings. The van der Waals surface area contributed by atoms with Crippen LogP contribution in [0.5, 0.6) is 0 Å². The number of benzene rings is 2. The molecule has 0 spiro atoms. The van der Waals surface area contributed by atoms with Gasteiger partial charge in [0, 0.05) is 17.6 Å². The number of rotatable bonds is 5. The first-order valence-corrected chi connectivity index (χ1v) is 10.1. The lowest BCUT2D eigenvalue weighted by Gasteiger charge is -2.10. The summed E-state index contributed by atoms with van der Waals surface area (Å²) in [6.07, 6.45) is 1.26. The van der Waals surface area contributed by atoms with Crippen LogP contribution in [0.2, 0.25) is 10.2 Å². The van der Waals surface area contributed by atoms with E-state index in [2.05, 4.69) is 15.0 Å². The zero-order valence-corrected chi connectivity index (χ0v) is 16.6. The Morgan fingerprint density at radius 1 is 0.931 bits per heavy atom. The number of carbonyl (C=O) groups is 1. The van der Waals surface area contributed by atoms with E-state index in [0.717, 1.165) is 12.1 Å². The molecule has 2 N–H and O–H groups in total. The second-order valence-corrected chi connectivity index (χ2v) is 8.16. The normalized spacial score (nSPS) is 11.2. The number of hydrogen-bond acceptors (Lipinski definition) is 4. The molecule has 6 nitrogen and oxygen atoms in total. The monoisotopic (exact) mass is 457 g/mol. The number of nitrogens with one attached hydrogen (secondary N) is 2. The van der Waals surface area contributed by atoms with Gasteiger partial charge in [0.1, 0.15) is 5.15 Å². The average Bonchev–Trinajstić information content (AvgIpc) is 2.67. The summed E-state index contributed by atoms with van der Waals surface area (Å²) in [5, 5.41) is 2.79. The van der Waals surface area contributed by atoms with Crippen LogP contribution in [0.4, 0.5) is 20.2 Å². The Morgan fingerprint density at radius 2 is 1.59 bits per heavy atom. The summed E-state index contributed by atoms with van der Waals surface area (Å²) in [5.41, 5.74) is 0.711. The summed E-state index contributed by atoms with van der Waals surface area (Å²) >= 11 is 11.5. The zero-order chi connectivity index (χ0) is 21.2. The maximum absolute atomic E-state index is 13.3. The molecule has 0 atom stereocenters. The number of carbonyl (C=O) groups excluding carboxylic acids is 1. The SMILES string of the molecule is O=C(Nc1ccc(NS(=O)(=O)c2ccc(F)c(F)c2)cc1)c1cnc(Cl)c(Cl)c1. The number of nitrogens with zero attached hydrogens (tertiary/aromatic N) is 1. The van der Waals surface area contributed by atoms with Crippen LogP contribution in [0.15, 0.2) is 59.6 Å². The molecular weight excluding hydrogens is 447 g/mol. The number of anilines is 2. The summed E-state index contributed by atoms with van der Waals surface area (Å²) in [6.45, 7) is 0. The average molecular weight is 458 g/mol. The number of sulfonamides is 1. The molecule has 0 aliphatic heterocycles. The number of aromatic nitrogens is 1. The number of amides is 1. The standard InChI is InChI=1S/C18H11Cl2F2N3O3S/c19-14-7-10(9-23-17(14)20)18(26)24-11-1-3-12(4-2-11)25-29(27,28)13-5-6-15(21)16(22)8-13/h1-9,25H,(H,24,26). The van der Waals surface area contributed by atoms with Crippen LogP contribution in [0, 0.1) is 11.6 Å². The Bertz CT molecular complexity index is 1190. The Kier molecular flexibility index (Phi) is 6.02. The Balaban J connectivity index is 1.71. The van der Waals surface area contributed by atoms with E-state index in [0.29, 0.717) is 11.8 Å². The second kappa shape index (κ2) is 8.32. The van der Waals surface area contributed by atoms with Gasteiger partial charge in [-0.1, -0.05) is 23.2 Å². The van der Waals surface area contributed by atoms with Gasteiger partial charge in [0.15, 0.2) is 11.6 Å². The fraction of sp³-hybridized carbons (Fsp3) is 0. The Hall–Kier alpha value is -2.75. The van der Waals surface area contributed by atoms with Crippen molar-refractivity contribution in [2.75, 3.05) is 10.0 Å². The van der Waals surface area contributed by atoms with Gasteiger partial charge < -0.3 is 5.32 Å². The van der Waals surface area contributed by atoms with Gasteiger partial charge in [-0.3, -0.25) is 9.52 Å². The summed E-state index contributed by atoms with van der Waals surface area (Å²) in [4.78, 5) is 15.6. The molecule has 1 amide bonds. The molecule has 0 aliphatic carbocycles. The van der Waals surface area contributed by atoms with Crippen molar-refractivity contribution in [1.29, 1.82) is 0 Å². The van der Waals surface area contributed by atoms with Crippen molar-refractivity contribution in [2.24, 2.45) is 0 Å². The van der Waals surface area contributed by atoms with Crippen LogP contribution < -0.4 is 10.0 Å². The predicted octanol–water partition coefficient (Wildman–Crippen LogP) is 4.72. The van der Waals surface area contributed by atoms with Gasteiger partial charge in [0.05, 0.1) is 15.5 Å². The maximum Gasteiger partial charge on any atom is 0.261 e. The minimum absolute atomic E-state index is 0.0703. The molecule has 150 valence electrons. The molecule has 29 heavy (non-hydrogen) atoms. The zero-order valence-electron chi connectivity index (χ0n) is 14.3. The summed E-state index contributed by atoms with van der Waals surface area (Å²) in [5.74, 6) is -2.92. The van der Waals surface area contributed by atoms with Gasteiger partial charge in [0.2, 0.25) is 0 Å². The summed E-state index contributed by atoms with van der Waals surface area (Å²) < 4.78 is 53.0. The second-order valence-electron chi connectivity index (χ2n) is 5.71. The molecule has 0 radical (unpaired) electrons. The molecule has 1 aromatic heterocycles. The Labute approximate surface area is 174 Å². The van der Waals surface area contributed by atoms with E-state index in [9.17, 15) is 22.0 Å². The predicted molar refractivity (Wildman–Crippen MR) is 106 cm³/mol. The van der Waals surface area contributed by atoms with E-state index in [-0.39, 0.29) is 21.4 Å². The third-order valence-corrected chi connectivity index (χ3v) is 5.72. The highest BCUT2D eigenvalue weighted by Crippen LogP contribution is 2.22. The summed E-state index contributed by atoms with van der Waals surface area (Å²) in [6, 6.07) is 9.29. The van der Waals surface area contributed by atoms with E-state index >= 15 is 0 Å². The van der Waals surface area contributed by atoms with E-state index in [1.165, 1.54) is 36.5 Å².